The first kappa shape index (κ1) is 12.4. The lowest BCUT2D eigenvalue weighted by Gasteiger charge is -2.24. The van der Waals surface area contributed by atoms with Crippen LogP contribution in [-0.2, 0) is 0 Å². The first-order valence-electron chi connectivity index (χ1n) is 7.14. The average Bonchev–Trinajstić information content (AvgIpc) is 2.86. The molecule has 0 bridgehead atoms. The summed E-state index contributed by atoms with van der Waals surface area (Å²) in [5.41, 5.74) is 1.42. The molecule has 3 nitrogen and oxygen atoms in total. The number of rotatable bonds is 3. The van der Waals surface area contributed by atoms with Crippen LogP contribution in [0.5, 0.6) is 0 Å². The summed E-state index contributed by atoms with van der Waals surface area (Å²) in [7, 11) is 0. The molecule has 3 heteroatoms. The Hall–Kier alpha value is -1.64. The van der Waals surface area contributed by atoms with E-state index in [0.717, 1.165) is 18.1 Å². The van der Waals surface area contributed by atoms with Crippen LogP contribution in [0.1, 0.15) is 38.3 Å². The predicted octanol–water partition coefficient (Wildman–Crippen LogP) is 3.93. The van der Waals surface area contributed by atoms with Crippen molar-refractivity contribution in [3.63, 3.8) is 0 Å². The molecule has 0 unspecified atom stereocenters. The van der Waals surface area contributed by atoms with Crippen molar-refractivity contribution in [3.05, 3.63) is 30.0 Å². The van der Waals surface area contributed by atoms with Gasteiger partial charge >= 0.3 is 0 Å². The highest BCUT2D eigenvalue weighted by molar-refractivity contribution is 5.92. The largest absolute Gasteiger partial charge is 0.368 e. The first-order chi connectivity index (χ1) is 9.18. The van der Waals surface area contributed by atoms with E-state index in [1.807, 2.05) is 6.92 Å². The summed E-state index contributed by atoms with van der Waals surface area (Å²) in [5.74, 6) is 0.925. The molecular formula is C16H21N3. The van der Waals surface area contributed by atoms with Crippen molar-refractivity contribution >= 4 is 16.6 Å². The molecule has 0 spiro atoms. The van der Waals surface area contributed by atoms with Crippen LogP contribution in [0.2, 0.25) is 0 Å². The van der Waals surface area contributed by atoms with Crippen LogP contribution in [0.4, 0.5) is 5.82 Å². The van der Waals surface area contributed by atoms with Crippen molar-refractivity contribution in [2.24, 2.45) is 5.41 Å². The van der Waals surface area contributed by atoms with Crippen molar-refractivity contribution in [1.82, 2.24) is 10.2 Å². The molecule has 1 aliphatic carbocycles. The van der Waals surface area contributed by atoms with Gasteiger partial charge in [-0.1, -0.05) is 44.0 Å². The molecule has 1 heterocycles. The summed E-state index contributed by atoms with van der Waals surface area (Å²) in [6, 6.07) is 8.35. The van der Waals surface area contributed by atoms with Gasteiger partial charge in [0.2, 0.25) is 0 Å². The third kappa shape index (κ3) is 2.42. The Kier molecular flexibility index (Phi) is 3.13. The average molecular weight is 255 g/mol. The van der Waals surface area contributed by atoms with Gasteiger partial charge in [-0.25, -0.2) is 0 Å². The molecule has 3 rings (SSSR count). The van der Waals surface area contributed by atoms with Gasteiger partial charge in [-0.2, -0.15) is 5.10 Å². The van der Waals surface area contributed by atoms with E-state index in [2.05, 4.69) is 46.7 Å². The second kappa shape index (κ2) is 4.80. The fraction of sp³-hybridized carbons (Fsp3) is 0.500. The standard InChI is InChI=1S/C16H21N3/c1-12-13-7-3-4-8-14(13)15(19-18-12)17-11-16(2)9-5-6-10-16/h3-4,7-8H,5-6,9-11H2,1-2H3,(H,17,19). The number of aromatic nitrogens is 2. The van der Waals surface area contributed by atoms with E-state index >= 15 is 0 Å². The lowest BCUT2D eigenvalue weighted by Crippen LogP contribution is -2.23. The van der Waals surface area contributed by atoms with Crippen molar-refractivity contribution in [1.29, 1.82) is 0 Å². The van der Waals surface area contributed by atoms with Crippen LogP contribution in [0, 0.1) is 12.3 Å². The number of anilines is 1. The second-order valence-electron chi connectivity index (χ2n) is 6.05. The Morgan fingerprint density at radius 1 is 1.11 bits per heavy atom. The molecular weight excluding hydrogens is 234 g/mol. The predicted molar refractivity (Wildman–Crippen MR) is 79.3 cm³/mol. The van der Waals surface area contributed by atoms with E-state index in [-0.39, 0.29) is 0 Å². The van der Waals surface area contributed by atoms with Crippen LogP contribution in [0.15, 0.2) is 24.3 Å². The lowest BCUT2D eigenvalue weighted by molar-refractivity contribution is 0.361. The van der Waals surface area contributed by atoms with Crippen LogP contribution >= 0.6 is 0 Å². The third-order valence-corrected chi connectivity index (χ3v) is 4.37. The highest BCUT2D eigenvalue weighted by atomic mass is 15.2. The van der Waals surface area contributed by atoms with Crippen molar-refractivity contribution < 1.29 is 0 Å². The van der Waals surface area contributed by atoms with Gasteiger partial charge in [0.1, 0.15) is 0 Å². The number of nitrogens with zero attached hydrogens (tertiary/aromatic N) is 2. The quantitative estimate of drug-likeness (QED) is 0.903. The van der Waals surface area contributed by atoms with E-state index in [1.54, 1.807) is 0 Å². The summed E-state index contributed by atoms with van der Waals surface area (Å²) in [5, 5.41) is 14.5. The van der Waals surface area contributed by atoms with Crippen LogP contribution in [-0.4, -0.2) is 16.7 Å². The number of aryl methyl sites for hydroxylation is 1. The molecule has 2 aromatic rings. The Morgan fingerprint density at radius 3 is 2.53 bits per heavy atom. The van der Waals surface area contributed by atoms with Gasteiger partial charge in [-0.3, -0.25) is 0 Å². The number of hydrogen-bond acceptors (Lipinski definition) is 3. The Balaban J connectivity index is 1.87. The van der Waals surface area contributed by atoms with E-state index in [4.69, 9.17) is 0 Å². The minimum Gasteiger partial charge on any atom is -0.368 e. The van der Waals surface area contributed by atoms with Crippen LogP contribution < -0.4 is 5.32 Å². The van der Waals surface area contributed by atoms with Gasteiger partial charge in [-0.15, -0.1) is 5.10 Å². The minimum absolute atomic E-state index is 0.424. The Morgan fingerprint density at radius 2 is 1.79 bits per heavy atom. The van der Waals surface area contributed by atoms with Gasteiger partial charge in [0.15, 0.2) is 5.82 Å². The van der Waals surface area contributed by atoms with Gasteiger partial charge in [0.05, 0.1) is 5.69 Å². The highest BCUT2D eigenvalue weighted by Crippen LogP contribution is 2.37. The molecule has 0 radical (unpaired) electrons. The van der Waals surface area contributed by atoms with Crippen molar-refractivity contribution in [2.45, 2.75) is 39.5 Å². The van der Waals surface area contributed by atoms with E-state index in [0.29, 0.717) is 5.41 Å². The summed E-state index contributed by atoms with van der Waals surface area (Å²) >= 11 is 0. The molecule has 1 fully saturated rings. The van der Waals surface area contributed by atoms with Crippen LogP contribution in [0.25, 0.3) is 10.8 Å². The number of nitrogens with one attached hydrogen (secondary N) is 1. The third-order valence-electron chi connectivity index (χ3n) is 4.37. The zero-order valence-corrected chi connectivity index (χ0v) is 11.7. The topological polar surface area (TPSA) is 37.8 Å². The molecule has 1 N–H and O–H groups in total. The molecule has 100 valence electrons. The SMILES string of the molecule is Cc1nnc(NCC2(C)CCCC2)c2ccccc12. The fourth-order valence-electron chi connectivity index (χ4n) is 3.07. The molecule has 0 atom stereocenters. The second-order valence-corrected chi connectivity index (χ2v) is 6.05. The molecule has 1 aromatic heterocycles. The minimum atomic E-state index is 0.424. The van der Waals surface area contributed by atoms with Gasteiger partial charge in [-0.05, 0) is 25.2 Å². The highest BCUT2D eigenvalue weighted by Gasteiger charge is 2.28. The maximum absolute atomic E-state index is 4.34. The van der Waals surface area contributed by atoms with Crippen molar-refractivity contribution in [2.75, 3.05) is 11.9 Å². The zero-order valence-electron chi connectivity index (χ0n) is 11.7. The zero-order chi connectivity index (χ0) is 13.3. The normalized spacial score (nSPS) is 17.8. The summed E-state index contributed by atoms with van der Waals surface area (Å²) in [6.45, 7) is 5.38. The van der Waals surface area contributed by atoms with Gasteiger partial charge < -0.3 is 5.32 Å². The molecule has 1 aromatic carbocycles. The number of fused-ring (bicyclic) bond motifs is 1. The van der Waals surface area contributed by atoms with Crippen molar-refractivity contribution in [3.8, 4) is 0 Å². The molecule has 0 amide bonds. The van der Waals surface area contributed by atoms with E-state index in [1.165, 1.54) is 36.5 Å². The lowest BCUT2D eigenvalue weighted by atomic mass is 9.89. The van der Waals surface area contributed by atoms with Gasteiger partial charge in [0.25, 0.3) is 0 Å². The molecule has 1 aliphatic rings. The summed E-state index contributed by atoms with van der Waals surface area (Å²) in [4.78, 5) is 0. The Bertz CT molecular complexity index is 586. The monoisotopic (exact) mass is 255 g/mol. The molecule has 1 saturated carbocycles. The van der Waals surface area contributed by atoms with Gasteiger partial charge in [0, 0.05) is 17.3 Å². The van der Waals surface area contributed by atoms with Crippen LogP contribution in [0.3, 0.4) is 0 Å². The first-order valence-corrected chi connectivity index (χ1v) is 7.14. The molecule has 19 heavy (non-hydrogen) atoms. The van der Waals surface area contributed by atoms with E-state index in [9.17, 15) is 0 Å². The summed E-state index contributed by atoms with van der Waals surface area (Å²) < 4.78 is 0. The number of benzene rings is 1. The summed E-state index contributed by atoms with van der Waals surface area (Å²) in [6.07, 6.45) is 5.35. The molecule has 0 aliphatic heterocycles. The maximum Gasteiger partial charge on any atom is 0.156 e. The fourth-order valence-corrected chi connectivity index (χ4v) is 3.07. The van der Waals surface area contributed by atoms with E-state index < -0.39 is 0 Å². The smallest absolute Gasteiger partial charge is 0.156 e. The number of hydrogen-bond donors (Lipinski definition) is 1. The maximum atomic E-state index is 4.34. The molecule has 0 saturated heterocycles. The Labute approximate surface area is 114 Å².